The molecule has 0 amide bonds. The third-order valence-corrected chi connectivity index (χ3v) is 3.39. The summed E-state index contributed by atoms with van der Waals surface area (Å²) in [4.78, 5) is 2.04. The predicted octanol–water partition coefficient (Wildman–Crippen LogP) is 2.93. The summed E-state index contributed by atoms with van der Waals surface area (Å²) in [7, 11) is 1.95. The van der Waals surface area contributed by atoms with Gasteiger partial charge in [-0.25, -0.2) is 0 Å². The maximum absolute atomic E-state index is 9.49. The van der Waals surface area contributed by atoms with Gasteiger partial charge in [-0.2, -0.15) is 0 Å². The summed E-state index contributed by atoms with van der Waals surface area (Å²) in [6.45, 7) is 2.60. The molecule has 16 heavy (non-hydrogen) atoms. The maximum atomic E-state index is 9.49. The highest BCUT2D eigenvalue weighted by atomic mass is 35.5. The van der Waals surface area contributed by atoms with Gasteiger partial charge in [0.15, 0.2) is 0 Å². The fraction of sp³-hybridized carbons (Fsp3) is 0.500. The largest absolute Gasteiger partial charge is 0.391 e. The molecule has 1 N–H and O–H groups in total. The standard InChI is InChI=1S/C12H17Cl2NO/c1-9(15(2)8-10(16)7-13)11-5-3-4-6-12(11)14/h3-6,9-10,16H,7-8H2,1-2H3. The van der Waals surface area contributed by atoms with Crippen molar-refractivity contribution >= 4 is 23.2 Å². The topological polar surface area (TPSA) is 23.5 Å². The number of hydrogen-bond donors (Lipinski definition) is 1. The average Bonchev–Trinajstić information content (AvgIpc) is 2.28. The number of hydrogen-bond acceptors (Lipinski definition) is 2. The molecule has 2 nitrogen and oxygen atoms in total. The van der Waals surface area contributed by atoms with E-state index >= 15 is 0 Å². The van der Waals surface area contributed by atoms with Crippen molar-refractivity contribution in [1.29, 1.82) is 0 Å². The summed E-state index contributed by atoms with van der Waals surface area (Å²) in [5, 5.41) is 10.2. The molecule has 0 aromatic heterocycles. The van der Waals surface area contributed by atoms with Crippen LogP contribution in [0.25, 0.3) is 0 Å². The smallest absolute Gasteiger partial charge is 0.0802 e. The lowest BCUT2D eigenvalue weighted by molar-refractivity contribution is 0.124. The molecule has 0 saturated heterocycles. The molecule has 0 bridgehead atoms. The van der Waals surface area contributed by atoms with Gasteiger partial charge in [0, 0.05) is 23.5 Å². The van der Waals surface area contributed by atoms with Crippen LogP contribution in [0, 0.1) is 0 Å². The molecule has 4 heteroatoms. The molecule has 90 valence electrons. The van der Waals surface area contributed by atoms with Gasteiger partial charge in [0.05, 0.1) is 6.10 Å². The van der Waals surface area contributed by atoms with Crippen molar-refractivity contribution < 1.29 is 5.11 Å². The quantitative estimate of drug-likeness (QED) is 0.825. The van der Waals surface area contributed by atoms with Crippen LogP contribution in [0.1, 0.15) is 18.5 Å². The molecule has 0 radical (unpaired) electrons. The van der Waals surface area contributed by atoms with Gasteiger partial charge >= 0.3 is 0 Å². The summed E-state index contributed by atoms with van der Waals surface area (Å²) in [6.07, 6.45) is -0.503. The number of benzene rings is 1. The van der Waals surface area contributed by atoms with E-state index in [-0.39, 0.29) is 11.9 Å². The van der Waals surface area contributed by atoms with Crippen LogP contribution < -0.4 is 0 Å². The van der Waals surface area contributed by atoms with Gasteiger partial charge in [0.1, 0.15) is 0 Å². The molecule has 2 unspecified atom stereocenters. The first-order valence-electron chi connectivity index (χ1n) is 5.25. The number of aliphatic hydroxyl groups is 1. The molecule has 0 aliphatic heterocycles. The van der Waals surface area contributed by atoms with E-state index in [1.165, 1.54) is 0 Å². The van der Waals surface area contributed by atoms with Gasteiger partial charge in [0.25, 0.3) is 0 Å². The molecule has 0 aliphatic carbocycles. The van der Waals surface area contributed by atoms with Gasteiger partial charge in [-0.3, -0.25) is 4.90 Å². The lowest BCUT2D eigenvalue weighted by Crippen LogP contribution is -2.32. The van der Waals surface area contributed by atoms with Crippen molar-refractivity contribution in [3.05, 3.63) is 34.9 Å². The minimum Gasteiger partial charge on any atom is -0.391 e. The van der Waals surface area contributed by atoms with Crippen molar-refractivity contribution in [3.8, 4) is 0 Å². The summed E-state index contributed by atoms with van der Waals surface area (Å²) in [5.41, 5.74) is 1.06. The number of halogens is 2. The Bertz CT molecular complexity index is 333. The van der Waals surface area contributed by atoms with E-state index in [1.54, 1.807) is 0 Å². The number of nitrogens with zero attached hydrogens (tertiary/aromatic N) is 1. The predicted molar refractivity (Wildman–Crippen MR) is 69.2 cm³/mol. The van der Waals surface area contributed by atoms with E-state index in [1.807, 2.05) is 36.2 Å². The first-order valence-corrected chi connectivity index (χ1v) is 6.16. The van der Waals surface area contributed by atoms with Crippen LogP contribution >= 0.6 is 23.2 Å². The number of rotatable bonds is 5. The Kier molecular flexibility index (Phi) is 5.56. The van der Waals surface area contributed by atoms with Gasteiger partial charge < -0.3 is 5.11 Å². The molecule has 0 saturated carbocycles. The first-order chi connectivity index (χ1) is 7.56. The van der Waals surface area contributed by atoms with Crippen LogP contribution in [0.2, 0.25) is 5.02 Å². The Morgan fingerprint density at radius 3 is 2.56 bits per heavy atom. The van der Waals surface area contributed by atoms with Crippen molar-refractivity contribution in [2.24, 2.45) is 0 Å². The van der Waals surface area contributed by atoms with E-state index in [0.29, 0.717) is 6.54 Å². The molecular formula is C12H17Cl2NO. The molecular weight excluding hydrogens is 245 g/mol. The zero-order chi connectivity index (χ0) is 12.1. The molecule has 1 rings (SSSR count). The minimum atomic E-state index is -0.503. The van der Waals surface area contributed by atoms with Crippen molar-refractivity contribution in [2.75, 3.05) is 19.5 Å². The number of aliphatic hydroxyl groups excluding tert-OH is 1. The molecule has 0 heterocycles. The monoisotopic (exact) mass is 261 g/mol. The Morgan fingerprint density at radius 2 is 2.00 bits per heavy atom. The molecule has 1 aromatic carbocycles. The Hall–Kier alpha value is -0.280. The molecule has 0 spiro atoms. The average molecular weight is 262 g/mol. The fourth-order valence-corrected chi connectivity index (χ4v) is 1.98. The van der Waals surface area contributed by atoms with Crippen LogP contribution in [-0.4, -0.2) is 35.6 Å². The zero-order valence-corrected chi connectivity index (χ0v) is 11.0. The molecule has 0 aliphatic rings. The van der Waals surface area contributed by atoms with Crippen LogP contribution in [0.5, 0.6) is 0 Å². The Balaban J connectivity index is 2.70. The lowest BCUT2D eigenvalue weighted by atomic mass is 10.1. The lowest BCUT2D eigenvalue weighted by Gasteiger charge is -2.27. The highest BCUT2D eigenvalue weighted by Gasteiger charge is 2.16. The normalized spacial score (nSPS) is 15.1. The Labute approximate surface area is 107 Å². The number of alkyl halides is 1. The van der Waals surface area contributed by atoms with E-state index in [2.05, 4.69) is 6.92 Å². The molecule has 1 aromatic rings. The summed E-state index contributed by atoms with van der Waals surface area (Å²) in [6, 6.07) is 7.90. The summed E-state index contributed by atoms with van der Waals surface area (Å²) < 4.78 is 0. The molecule has 2 atom stereocenters. The maximum Gasteiger partial charge on any atom is 0.0802 e. The zero-order valence-electron chi connectivity index (χ0n) is 9.53. The SMILES string of the molecule is CC(c1ccccc1Cl)N(C)CC(O)CCl. The van der Waals surface area contributed by atoms with Crippen molar-refractivity contribution in [2.45, 2.75) is 19.1 Å². The van der Waals surface area contributed by atoms with Crippen molar-refractivity contribution in [1.82, 2.24) is 4.90 Å². The van der Waals surface area contributed by atoms with E-state index in [0.717, 1.165) is 10.6 Å². The first kappa shape index (κ1) is 13.8. The second-order valence-electron chi connectivity index (χ2n) is 3.95. The van der Waals surface area contributed by atoms with Crippen molar-refractivity contribution in [3.63, 3.8) is 0 Å². The van der Waals surface area contributed by atoms with Gasteiger partial charge in [0.2, 0.25) is 0 Å². The van der Waals surface area contributed by atoms with Crippen LogP contribution in [-0.2, 0) is 0 Å². The molecule has 0 fully saturated rings. The van der Waals surface area contributed by atoms with Gasteiger partial charge in [-0.05, 0) is 25.6 Å². The minimum absolute atomic E-state index is 0.159. The highest BCUT2D eigenvalue weighted by molar-refractivity contribution is 6.31. The second kappa shape index (κ2) is 6.45. The Morgan fingerprint density at radius 1 is 1.38 bits per heavy atom. The third kappa shape index (κ3) is 3.63. The van der Waals surface area contributed by atoms with Crippen LogP contribution in [0.4, 0.5) is 0 Å². The summed E-state index contributed by atoms with van der Waals surface area (Å²) in [5.74, 6) is 0.250. The van der Waals surface area contributed by atoms with E-state index < -0.39 is 6.10 Å². The number of likely N-dealkylation sites (N-methyl/N-ethyl adjacent to an activating group) is 1. The highest BCUT2D eigenvalue weighted by Crippen LogP contribution is 2.26. The van der Waals surface area contributed by atoms with Gasteiger partial charge in [-0.1, -0.05) is 29.8 Å². The van der Waals surface area contributed by atoms with E-state index in [9.17, 15) is 5.11 Å². The van der Waals surface area contributed by atoms with E-state index in [4.69, 9.17) is 23.2 Å². The van der Waals surface area contributed by atoms with Crippen LogP contribution in [0.3, 0.4) is 0 Å². The fourth-order valence-electron chi connectivity index (χ4n) is 1.59. The third-order valence-electron chi connectivity index (χ3n) is 2.69. The second-order valence-corrected chi connectivity index (χ2v) is 4.66. The van der Waals surface area contributed by atoms with Crippen LogP contribution in [0.15, 0.2) is 24.3 Å². The van der Waals surface area contributed by atoms with Gasteiger partial charge in [-0.15, -0.1) is 11.6 Å². The summed E-state index contributed by atoms with van der Waals surface area (Å²) >= 11 is 11.7.